The van der Waals surface area contributed by atoms with E-state index in [0.717, 1.165) is 47.2 Å². The first-order valence-electron chi connectivity index (χ1n) is 10.3. The third kappa shape index (κ3) is 4.92. The van der Waals surface area contributed by atoms with Gasteiger partial charge in [0.15, 0.2) is 0 Å². The maximum Gasteiger partial charge on any atom is 0.338 e. The molecule has 156 valence electrons. The van der Waals surface area contributed by atoms with Crippen molar-refractivity contribution in [3.8, 4) is 11.1 Å². The van der Waals surface area contributed by atoms with E-state index < -0.39 is 0 Å². The standard InChI is InChI=1S/C25H28N2O3/c1-4-5-10-23-22(24(16-28)27-17(2)26-23)15-18-11-13-19(14-12-18)20-8-6-7-9-21(20)25(29)30-3/h6-9,11-14,28H,4-5,10,15-16H2,1-3H3. The molecule has 0 radical (unpaired) electrons. The quantitative estimate of drug-likeness (QED) is 0.553. The van der Waals surface area contributed by atoms with Crippen molar-refractivity contribution in [3.05, 3.63) is 82.4 Å². The van der Waals surface area contributed by atoms with Gasteiger partial charge in [-0.3, -0.25) is 0 Å². The average Bonchev–Trinajstić information content (AvgIpc) is 2.78. The van der Waals surface area contributed by atoms with Gasteiger partial charge in [-0.25, -0.2) is 14.8 Å². The molecule has 0 fully saturated rings. The Bertz CT molecular complexity index is 1010. The molecule has 1 heterocycles. The number of ether oxygens (including phenoxy) is 1. The third-order valence-corrected chi connectivity index (χ3v) is 5.19. The van der Waals surface area contributed by atoms with Crippen molar-refractivity contribution in [2.45, 2.75) is 46.1 Å². The van der Waals surface area contributed by atoms with E-state index in [-0.39, 0.29) is 12.6 Å². The second kappa shape index (κ2) is 10.1. The SMILES string of the molecule is CCCCc1nc(C)nc(CO)c1Cc1ccc(-c2ccccc2C(=O)OC)cc1. The minimum absolute atomic E-state index is 0.0948. The van der Waals surface area contributed by atoms with Crippen molar-refractivity contribution < 1.29 is 14.6 Å². The molecule has 3 aromatic rings. The summed E-state index contributed by atoms with van der Waals surface area (Å²) in [4.78, 5) is 21.2. The number of rotatable bonds is 8. The summed E-state index contributed by atoms with van der Waals surface area (Å²) in [7, 11) is 1.39. The molecule has 0 aliphatic rings. The summed E-state index contributed by atoms with van der Waals surface area (Å²) < 4.78 is 4.91. The van der Waals surface area contributed by atoms with Crippen LogP contribution in [-0.4, -0.2) is 28.2 Å². The molecule has 30 heavy (non-hydrogen) atoms. The summed E-state index contributed by atoms with van der Waals surface area (Å²) in [6.07, 6.45) is 3.68. The monoisotopic (exact) mass is 404 g/mol. The van der Waals surface area contributed by atoms with Crippen LogP contribution in [0.25, 0.3) is 11.1 Å². The maximum absolute atomic E-state index is 12.1. The largest absolute Gasteiger partial charge is 0.465 e. The van der Waals surface area contributed by atoms with Crippen LogP contribution < -0.4 is 0 Å². The molecule has 0 bridgehead atoms. The van der Waals surface area contributed by atoms with Gasteiger partial charge in [0.05, 0.1) is 25.0 Å². The highest BCUT2D eigenvalue weighted by molar-refractivity contribution is 5.97. The zero-order valence-corrected chi connectivity index (χ0v) is 17.8. The summed E-state index contributed by atoms with van der Waals surface area (Å²) in [5.41, 5.74) is 6.18. The molecular formula is C25H28N2O3. The minimum atomic E-state index is -0.348. The van der Waals surface area contributed by atoms with Gasteiger partial charge in [-0.1, -0.05) is 55.8 Å². The highest BCUT2D eigenvalue weighted by Crippen LogP contribution is 2.26. The first-order chi connectivity index (χ1) is 14.6. The number of nitrogens with zero attached hydrogens (tertiary/aromatic N) is 2. The molecule has 1 N–H and O–H groups in total. The van der Waals surface area contributed by atoms with Crippen LogP contribution in [0.1, 0.15) is 58.5 Å². The molecule has 5 heteroatoms. The summed E-state index contributed by atoms with van der Waals surface area (Å²) in [5.74, 6) is 0.350. The number of carbonyl (C=O) groups excluding carboxylic acids is 1. The topological polar surface area (TPSA) is 72.3 Å². The van der Waals surface area contributed by atoms with Gasteiger partial charge in [0.1, 0.15) is 5.82 Å². The molecule has 0 aliphatic heterocycles. The highest BCUT2D eigenvalue weighted by atomic mass is 16.5. The smallest absolute Gasteiger partial charge is 0.338 e. The number of benzene rings is 2. The van der Waals surface area contributed by atoms with E-state index in [1.807, 2.05) is 49.4 Å². The van der Waals surface area contributed by atoms with Crippen LogP contribution in [0.3, 0.4) is 0 Å². The van der Waals surface area contributed by atoms with Crippen molar-refractivity contribution in [1.82, 2.24) is 9.97 Å². The molecule has 0 saturated heterocycles. The van der Waals surface area contributed by atoms with Gasteiger partial charge in [0, 0.05) is 17.7 Å². The summed E-state index contributed by atoms with van der Waals surface area (Å²) in [6, 6.07) is 15.5. The molecular weight excluding hydrogens is 376 g/mol. The second-order valence-corrected chi connectivity index (χ2v) is 7.32. The molecule has 0 spiro atoms. The molecule has 2 aromatic carbocycles. The van der Waals surface area contributed by atoms with Crippen molar-refractivity contribution in [1.29, 1.82) is 0 Å². The van der Waals surface area contributed by atoms with Crippen molar-refractivity contribution in [2.24, 2.45) is 0 Å². The zero-order valence-electron chi connectivity index (χ0n) is 17.8. The molecule has 0 unspecified atom stereocenters. The van der Waals surface area contributed by atoms with Gasteiger partial charge < -0.3 is 9.84 Å². The van der Waals surface area contributed by atoms with E-state index in [1.165, 1.54) is 7.11 Å². The normalized spacial score (nSPS) is 10.8. The first-order valence-corrected chi connectivity index (χ1v) is 10.3. The molecule has 5 nitrogen and oxygen atoms in total. The number of esters is 1. The van der Waals surface area contributed by atoms with Crippen LogP contribution >= 0.6 is 0 Å². The second-order valence-electron chi connectivity index (χ2n) is 7.32. The number of aromatic nitrogens is 2. The fourth-order valence-corrected chi connectivity index (χ4v) is 3.63. The Labute approximate surface area is 177 Å². The summed E-state index contributed by atoms with van der Waals surface area (Å²) in [5, 5.41) is 9.84. The lowest BCUT2D eigenvalue weighted by Crippen LogP contribution is -2.09. The van der Waals surface area contributed by atoms with E-state index in [4.69, 9.17) is 4.74 Å². The van der Waals surface area contributed by atoms with Crippen molar-refractivity contribution >= 4 is 5.97 Å². The Morgan fingerprint density at radius 3 is 2.40 bits per heavy atom. The Morgan fingerprint density at radius 2 is 1.73 bits per heavy atom. The number of methoxy groups -OCH3 is 1. The van der Waals surface area contributed by atoms with Crippen molar-refractivity contribution in [3.63, 3.8) is 0 Å². The van der Waals surface area contributed by atoms with Crippen LogP contribution in [-0.2, 0) is 24.2 Å². The summed E-state index contributed by atoms with van der Waals surface area (Å²) in [6.45, 7) is 3.93. The zero-order chi connectivity index (χ0) is 21.5. The molecule has 0 aliphatic carbocycles. The number of aryl methyl sites for hydroxylation is 2. The van der Waals surface area contributed by atoms with E-state index in [1.54, 1.807) is 6.07 Å². The lowest BCUT2D eigenvalue weighted by molar-refractivity contribution is 0.0601. The van der Waals surface area contributed by atoms with Gasteiger partial charge in [-0.05, 0) is 42.5 Å². The minimum Gasteiger partial charge on any atom is -0.465 e. The lowest BCUT2D eigenvalue weighted by Gasteiger charge is -2.14. The molecule has 0 amide bonds. The van der Waals surface area contributed by atoms with Gasteiger partial charge in [-0.15, -0.1) is 0 Å². The average molecular weight is 405 g/mol. The van der Waals surface area contributed by atoms with E-state index in [2.05, 4.69) is 16.9 Å². The highest BCUT2D eigenvalue weighted by Gasteiger charge is 2.15. The van der Waals surface area contributed by atoms with Crippen LogP contribution in [0.15, 0.2) is 48.5 Å². The first kappa shape index (κ1) is 21.7. The van der Waals surface area contributed by atoms with Gasteiger partial charge in [0.2, 0.25) is 0 Å². The Hall–Kier alpha value is -3.05. The van der Waals surface area contributed by atoms with E-state index in [0.29, 0.717) is 23.5 Å². The van der Waals surface area contributed by atoms with E-state index >= 15 is 0 Å². The number of aliphatic hydroxyl groups excluding tert-OH is 1. The van der Waals surface area contributed by atoms with Gasteiger partial charge in [-0.2, -0.15) is 0 Å². The Kier molecular flexibility index (Phi) is 7.31. The fraction of sp³-hybridized carbons (Fsp3) is 0.320. The molecule has 1 aromatic heterocycles. The van der Waals surface area contributed by atoms with Crippen LogP contribution in [0.2, 0.25) is 0 Å². The van der Waals surface area contributed by atoms with Crippen molar-refractivity contribution in [2.75, 3.05) is 7.11 Å². The molecule has 3 rings (SSSR count). The number of hydrogen-bond donors (Lipinski definition) is 1. The number of aliphatic hydroxyl groups is 1. The number of hydrogen-bond acceptors (Lipinski definition) is 5. The fourth-order valence-electron chi connectivity index (χ4n) is 3.63. The predicted octanol–water partition coefficient (Wildman–Crippen LogP) is 4.66. The third-order valence-electron chi connectivity index (χ3n) is 5.19. The lowest BCUT2D eigenvalue weighted by atomic mass is 9.95. The maximum atomic E-state index is 12.1. The predicted molar refractivity (Wildman–Crippen MR) is 117 cm³/mol. The molecule has 0 atom stereocenters. The number of carbonyl (C=O) groups is 1. The van der Waals surface area contributed by atoms with Gasteiger partial charge >= 0.3 is 5.97 Å². The van der Waals surface area contributed by atoms with Crippen LogP contribution in [0.5, 0.6) is 0 Å². The number of unbranched alkanes of at least 4 members (excludes halogenated alkanes) is 1. The van der Waals surface area contributed by atoms with Gasteiger partial charge in [0.25, 0.3) is 0 Å². The Morgan fingerprint density at radius 1 is 1.03 bits per heavy atom. The Balaban J connectivity index is 1.91. The van der Waals surface area contributed by atoms with Crippen LogP contribution in [0, 0.1) is 6.92 Å². The summed E-state index contributed by atoms with van der Waals surface area (Å²) >= 11 is 0. The van der Waals surface area contributed by atoms with E-state index in [9.17, 15) is 9.90 Å². The molecule has 0 saturated carbocycles. The van der Waals surface area contributed by atoms with Crippen LogP contribution in [0.4, 0.5) is 0 Å².